The number of carbonyl (C=O) groups excluding carboxylic acids is 2. The van der Waals surface area contributed by atoms with Crippen molar-refractivity contribution in [2.45, 2.75) is 24.2 Å². The van der Waals surface area contributed by atoms with E-state index in [1.54, 1.807) is 0 Å². The molecule has 23 heavy (non-hydrogen) atoms. The van der Waals surface area contributed by atoms with Gasteiger partial charge in [0, 0.05) is 5.56 Å². The van der Waals surface area contributed by atoms with Gasteiger partial charge in [0.05, 0.1) is 6.61 Å². The van der Waals surface area contributed by atoms with E-state index in [-0.39, 0.29) is 6.29 Å². The maximum absolute atomic E-state index is 12.9. The van der Waals surface area contributed by atoms with Crippen molar-refractivity contribution in [2.24, 2.45) is 0 Å². The Morgan fingerprint density at radius 3 is 2.13 bits per heavy atom. The summed E-state index contributed by atoms with van der Waals surface area (Å²) in [7, 11) is 0. The molecule has 0 spiro atoms. The molecule has 0 aliphatic carbocycles. The number of benzene rings is 1. The standard InChI is InChI=1S/C8H6F3NO.C5H10O5/c9-8(10,7(13)12-11)6-4-2-1-3-5-6;6-1-3(8)5(10)4(9)2-7/h1-5H,(H,12,13);1,3-5,7-10H,2H2/t;3-,4-,5+/m.1/s1. The van der Waals surface area contributed by atoms with Crippen LogP contribution >= 0.6 is 0 Å². The van der Waals surface area contributed by atoms with Gasteiger partial charge in [-0.1, -0.05) is 30.3 Å². The van der Waals surface area contributed by atoms with E-state index in [1.165, 1.54) is 18.2 Å². The Morgan fingerprint density at radius 1 is 1.22 bits per heavy atom. The van der Waals surface area contributed by atoms with Crippen LogP contribution in [-0.4, -0.2) is 57.5 Å². The molecule has 130 valence electrons. The van der Waals surface area contributed by atoms with Gasteiger partial charge >= 0.3 is 11.8 Å². The number of rotatable bonds is 6. The highest BCUT2D eigenvalue weighted by Gasteiger charge is 2.40. The number of hydrogen-bond acceptors (Lipinski definition) is 6. The van der Waals surface area contributed by atoms with Crippen LogP contribution < -0.4 is 5.54 Å². The summed E-state index contributed by atoms with van der Waals surface area (Å²) in [5.74, 6) is -5.78. The zero-order chi connectivity index (χ0) is 18.0. The first-order valence-corrected chi connectivity index (χ1v) is 6.17. The number of hydrogen-bond donors (Lipinski definition) is 5. The fourth-order valence-electron chi connectivity index (χ4n) is 1.25. The molecule has 0 aromatic heterocycles. The largest absolute Gasteiger partial charge is 0.394 e. The van der Waals surface area contributed by atoms with E-state index in [4.69, 9.17) is 20.4 Å². The quantitative estimate of drug-likeness (QED) is 0.336. The topological polar surface area (TPSA) is 127 Å². The molecule has 7 nitrogen and oxygen atoms in total. The van der Waals surface area contributed by atoms with Crippen molar-refractivity contribution in [3.8, 4) is 0 Å². The second-order valence-corrected chi connectivity index (χ2v) is 4.23. The van der Waals surface area contributed by atoms with E-state index in [0.717, 1.165) is 12.1 Å². The lowest BCUT2D eigenvalue weighted by molar-refractivity contribution is -0.151. The van der Waals surface area contributed by atoms with E-state index >= 15 is 0 Å². The first-order chi connectivity index (χ1) is 10.7. The van der Waals surface area contributed by atoms with Gasteiger partial charge in [0.25, 0.3) is 0 Å². The molecule has 0 radical (unpaired) electrons. The van der Waals surface area contributed by atoms with Crippen LogP contribution in [0.1, 0.15) is 5.56 Å². The van der Waals surface area contributed by atoms with E-state index in [2.05, 4.69) is 0 Å². The molecule has 0 unspecified atom stereocenters. The number of nitrogens with one attached hydrogen (secondary N) is 1. The molecule has 1 amide bonds. The van der Waals surface area contributed by atoms with Crippen LogP contribution in [-0.2, 0) is 15.5 Å². The minimum Gasteiger partial charge on any atom is -0.394 e. The van der Waals surface area contributed by atoms with Crippen molar-refractivity contribution in [2.75, 3.05) is 6.61 Å². The lowest BCUT2D eigenvalue weighted by Gasteiger charge is -2.16. The van der Waals surface area contributed by atoms with Gasteiger partial charge in [0.2, 0.25) is 0 Å². The summed E-state index contributed by atoms with van der Waals surface area (Å²) < 4.78 is 37.3. The molecule has 0 heterocycles. The van der Waals surface area contributed by atoms with Crippen molar-refractivity contribution < 1.29 is 43.3 Å². The molecule has 0 saturated carbocycles. The first kappa shape index (κ1) is 21.0. The lowest BCUT2D eigenvalue weighted by Crippen LogP contribution is -2.40. The first-order valence-electron chi connectivity index (χ1n) is 6.17. The minimum absolute atomic E-state index is 0.0869. The van der Waals surface area contributed by atoms with Crippen LogP contribution in [0.2, 0.25) is 0 Å². The molecule has 5 N–H and O–H groups in total. The van der Waals surface area contributed by atoms with Crippen molar-refractivity contribution in [1.29, 1.82) is 0 Å². The predicted octanol–water partition coefficient (Wildman–Crippen LogP) is -0.961. The smallest absolute Gasteiger partial charge is 0.352 e. The summed E-state index contributed by atoms with van der Waals surface area (Å²) in [5, 5.41) is 34.1. The van der Waals surface area contributed by atoms with E-state index in [0.29, 0.717) is 5.54 Å². The summed E-state index contributed by atoms with van der Waals surface area (Å²) in [6, 6.07) is 6.31. The number of amides is 1. The molecule has 10 heteroatoms. The molecule has 1 aromatic rings. The second-order valence-electron chi connectivity index (χ2n) is 4.23. The normalized spacial score (nSPS) is 14.7. The Labute approximate surface area is 128 Å². The van der Waals surface area contributed by atoms with Crippen LogP contribution in [0.25, 0.3) is 0 Å². The van der Waals surface area contributed by atoms with Crippen LogP contribution in [0.3, 0.4) is 0 Å². The summed E-state index contributed by atoms with van der Waals surface area (Å²) in [6.45, 7) is -0.688. The molecule has 1 rings (SSSR count). The summed E-state index contributed by atoms with van der Waals surface area (Å²) in [4.78, 5) is 20.2. The van der Waals surface area contributed by atoms with Gasteiger partial charge in [-0.3, -0.25) is 4.79 Å². The fourth-order valence-corrected chi connectivity index (χ4v) is 1.25. The van der Waals surface area contributed by atoms with E-state index < -0.39 is 42.3 Å². The molecule has 0 aliphatic rings. The van der Waals surface area contributed by atoms with Gasteiger partial charge in [-0.25, -0.2) is 0 Å². The SMILES string of the molecule is O=C(NF)C(F)(F)c1ccccc1.O=C[C@@H](O)[C@H](O)[C@H](O)CO. The zero-order valence-corrected chi connectivity index (χ0v) is 11.6. The zero-order valence-electron chi connectivity index (χ0n) is 11.6. The molecule has 0 bridgehead atoms. The van der Waals surface area contributed by atoms with E-state index in [1.807, 2.05) is 0 Å². The van der Waals surface area contributed by atoms with Gasteiger partial charge in [-0.15, -0.1) is 4.48 Å². The third-order valence-electron chi connectivity index (χ3n) is 2.58. The Balaban J connectivity index is 0.000000438. The van der Waals surface area contributed by atoms with Crippen LogP contribution in [0, 0.1) is 0 Å². The van der Waals surface area contributed by atoms with Gasteiger partial charge in [0.15, 0.2) is 6.29 Å². The highest BCUT2D eigenvalue weighted by atomic mass is 19.3. The molecular formula is C13H16F3NO6. The van der Waals surface area contributed by atoms with Gasteiger partial charge in [-0.2, -0.15) is 14.3 Å². The molecule has 0 saturated heterocycles. The van der Waals surface area contributed by atoms with Crippen LogP contribution in [0.15, 0.2) is 30.3 Å². The molecule has 0 fully saturated rings. The number of halogens is 3. The summed E-state index contributed by atoms with van der Waals surface area (Å²) in [5.41, 5.74) is -0.122. The number of carbonyl (C=O) groups is 2. The predicted molar refractivity (Wildman–Crippen MR) is 70.8 cm³/mol. The van der Waals surface area contributed by atoms with Crippen molar-refractivity contribution in [3.63, 3.8) is 0 Å². The monoisotopic (exact) mass is 339 g/mol. The number of aldehydes is 1. The van der Waals surface area contributed by atoms with Crippen LogP contribution in [0.4, 0.5) is 13.3 Å². The second kappa shape index (κ2) is 9.90. The fraction of sp³-hybridized carbons (Fsp3) is 0.385. The molecule has 1 aromatic carbocycles. The Morgan fingerprint density at radius 2 is 1.74 bits per heavy atom. The maximum Gasteiger partial charge on any atom is 0.352 e. The molecular weight excluding hydrogens is 323 g/mol. The summed E-state index contributed by atoms with van der Waals surface area (Å²) in [6.07, 6.45) is -4.63. The highest BCUT2D eigenvalue weighted by molar-refractivity contribution is 5.83. The Kier molecular flexibility index (Phi) is 9.03. The average molecular weight is 339 g/mol. The van der Waals surface area contributed by atoms with Crippen LogP contribution in [0.5, 0.6) is 0 Å². The maximum atomic E-state index is 12.9. The Hall–Kier alpha value is -2.01. The van der Waals surface area contributed by atoms with Crippen molar-refractivity contribution >= 4 is 12.2 Å². The average Bonchev–Trinajstić information content (AvgIpc) is 2.59. The van der Waals surface area contributed by atoms with Gasteiger partial charge < -0.3 is 25.2 Å². The minimum atomic E-state index is -3.82. The van der Waals surface area contributed by atoms with Crippen molar-refractivity contribution in [1.82, 2.24) is 5.54 Å². The number of aliphatic hydroxyl groups excluding tert-OH is 4. The third kappa shape index (κ3) is 6.32. The van der Waals surface area contributed by atoms with Gasteiger partial charge in [0.1, 0.15) is 18.3 Å². The Bertz CT molecular complexity index is 488. The summed E-state index contributed by atoms with van der Waals surface area (Å²) >= 11 is 0. The number of aliphatic hydroxyl groups is 4. The molecule has 0 aliphatic heterocycles. The van der Waals surface area contributed by atoms with Crippen molar-refractivity contribution in [3.05, 3.63) is 35.9 Å². The highest BCUT2D eigenvalue weighted by Crippen LogP contribution is 2.27. The third-order valence-corrected chi connectivity index (χ3v) is 2.58. The van der Waals surface area contributed by atoms with Gasteiger partial charge in [-0.05, 0) is 0 Å². The molecule has 3 atom stereocenters. The lowest BCUT2D eigenvalue weighted by atomic mass is 10.1. The van der Waals surface area contributed by atoms with E-state index in [9.17, 15) is 22.9 Å². The number of alkyl halides is 2.